The van der Waals surface area contributed by atoms with Gasteiger partial charge in [0.05, 0.1) is 6.54 Å². The molecule has 70 valence electrons. The minimum absolute atomic E-state index is 0.0458. The van der Waals surface area contributed by atoms with Crippen molar-refractivity contribution < 1.29 is 9.59 Å². The summed E-state index contributed by atoms with van der Waals surface area (Å²) in [5.74, 6) is -0.0458. The van der Waals surface area contributed by atoms with E-state index in [-0.39, 0.29) is 12.5 Å². The molecule has 0 fully saturated rings. The third kappa shape index (κ3) is 3.95. The average Bonchev–Trinajstić information content (AvgIpc) is 2.03. The van der Waals surface area contributed by atoms with Gasteiger partial charge in [-0.15, -0.1) is 0 Å². The summed E-state index contributed by atoms with van der Waals surface area (Å²) in [5, 5.41) is 0. The van der Waals surface area contributed by atoms with Crippen molar-refractivity contribution in [2.24, 2.45) is 0 Å². The van der Waals surface area contributed by atoms with Crippen molar-refractivity contribution in [1.29, 1.82) is 0 Å². The first kappa shape index (κ1) is 10.9. The molecule has 0 saturated heterocycles. The van der Waals surface area contributed by atoms with Gasteiger partial charge >= 0.3 is 0 Å². The van der Waals surface area contributed by atoms with Crippen molar-refractivity contribution >= 4 is 12.3 Å². The second-order valence-electron chi connectivity index (χ2n) is 2.86. The third-order valence-corrected chi connectivity index (χ3v) is 1.50. The second-order valence-corrected chi connectivity index (χ2v) is 2.86. The van der Waals surface area contributed by atoms with Crippen molar-refractivity contribution in [3.63, 3.8) is 0 Å². The van der Waals surface area contributed by atoms with E-state index in [1.54, 1.807) is 14.1 Å². The van der Waals surface area contributed by atoms with E-state index in [1.807, 2.05) is 6.92 Å². The van der Waals surface area contributed by atoms with E-state index in [0.717, 1.165) is 6.42 Å². The van der Waals surface area contributed by atoms with Crippen LogP contribution in [0.15, 0.2) is 0 Å². The highest BCUT2D eigenvalue weighted by Gasteiger charge is 2.08. The van der Waals surface area contributed by atoms with E-state index in [4.69, 9.17) is 0 Å². The van der Waals surface area contributed by atoms with Crippen LogP contribution in [-0.4, -0.2) is 49.3 Å². The zero-order valence-electron chi connectivity index (χ0n) is 7.91. The predicted octanol–water partition coefficient (Wildman–Crippen LogP) is -0.0570. The Bertz CT molecular complexity index is 157. The lowest BCUT2D eigenvalue weighted by atomic mass is 10.4. The quantitative estimate of drug-likeness (QED) is 0.545. The maximum absolute atomic E-state index is 11.1. The van der Waals surface area contributed by atoms with Gasteiger partial charge in [-0.05, 0) is 6.42 Å². The Morgan fingerprint density at radius 2 is 2.00 bits per heavy atom. The number of nitrogens with zero attached hydrogens (tertiary/aromatic N) is 2. The number of carbonyl (C=O) groups is 2. The van der Waals surface area contributed by atoms with E-state index in [1.165, 1.54) is 9.80 Å². The molecular formula is C8H16N2O2. The molecule has 0 aromatic carbocycles. The van der Waals surface area contributed by atoms with Crippen LogP contribution in [-0.2, 0) is 9.59 Å². The highest BCUT2D eigenvalue weighted by molar-refractivity contribution is 5.79. The van der Waals surface area contributed by atoms with Crippen LogP contribution in [0.25, 0.3) is 0 Å². The van der Waals surface area contributed by atoms with Crippen LogP contribution in [0.3, 0.4) is 0 Å². The molecule has 0 unspecified atom stereocenters. The normalized spacial score (nSPS) is 9.25. The molecule has 0 saturated carbocycles. The Hall–Kier alpha value is -1.06. The lowest BCUT2D eigenvalue weighted by Crippen LogP contribution is -2.36. The summed E-state index contributed by atoms with van der Waals surface area (Å²) in [5.41, 5.74) is 0. The summed E-state index contributed by atoms with van der Waals surface area (Å²) in [6.45, 7) is 2.80. The summed E-state index contributed by atoms with van der Waals surface area (Å²) in [6, 6.07) is 0. The monoisotopic (exact) mass is 172 g/mol. The highest BCUT2D eigenvalue weighted by atomic mass is 16.2. The molecule has 0 bridgehead atoms. The van der Waals surface area contributed by atoms with Gasteiger partial charge in [0.2, 0.25) is 12.3 Å². The fourth-order valence-corrected chi connectivity index (χ4v) is 0.771. The summed E-state index contributed by atoms with van der Waals surface area (Å²) in [6.07, 6.45) is 1.59. The zero-order valence-corrected chi connectivity index (χ0v) is 7.91. The SMILES string of the molecule is CCCN(C=O)CC(=O)N(C)C. The van der Waals surface area contributed by atoms with Crippen molar-refractivity contribution in [2.75, 3.05) is 27.2 Å². The molecule has 0 radical (unpaired) electrons. The Labute approximate surface area is 73.1 Å². The minimum Gasteiger partial charge on any atom is -0.347 e. The molecule has 4 heteroatoms. The van der Waals surface area contributed by atoms with E-state index in [0.29, 0.717) is 13.0 Å². The Morgan fingerprint density at radius 3 is 2.33 bits per heavy atom. The molecule has 0 rings (SSSR count). The van der Waals surface area contributed by atoms with E-state index >= 15 is 0 Å². The molecule has 4 nitrogen and oxygen atoms in total. The molecule has 0 N–H and O–H groups in total. The van der Waals surface area contributed by atoms with E-state index in [2.05, 4.69) is 0 Å². The molecule has 0 aliphatic carbocycles. The first-order chi connectivity index (χ1) is 5.61. The molecule has 0 aromatic heterocycles. The van der Waals surface area contributed by atoms with Crippen LogP contribution >= 0.6 is 0 Å². The maximum atomic E-state index is 11.1. The Kier molecular flexibility index (Phi) is 5.08. The van der Waals surface area contributed by atoms with Gasteiger partial charge in [-0.3, -0.25) is 9.59 Å². The molecule has 0 aliphatic heterocycles. The largest absolute Gasteiger partial charge is 0.347 e. The molecule has 2 amide bonds. The summed E-state index contributed by atoms with van der Waals surface area (Å²) in [7, 11) is 3.36. The number of carbonyl (C=O) groups excluding carboxylic acids is 2. The Balaban J connectivity index is 3.85. The first-order valence-electron chi connectivity index (χ1n) is 4.01. The van der Waals surface area contributed by atoms with Crippen molar-refractivity contribution in [3.8, 4) is 0 Å². The Morgan fingerprint density at radius 1 is 1.42 bits per heavy atom. The zero-order chi connectivity index (χ0) is 9.56. The smallest absolute Gasteiger partial charge is 0.241 e. The summed E-state index contributed by atoms with van der Waals surface area (Å²) in [4.78, 5) is 24.5. The summed E-state index contributed by atoms with van der Waals surface area (Å²) >= 11 is 0. The summed E-state index contributed by atoms with van der Waals surface area (Å²) < 4.78 is 0. The third-order valence-electron chi connectivity index (χ3n) is 1.50. The predicted molar refractivity (Wildman–Crippen MR) is 46.6 cm³/mol. The molecular weight excluding hydrogens is 156 g/mol. The fraction of sp³-hybridized carbons (Fsp3) is 0.750. The molecule has 0 heterocycles. The van der Waals surface area contributed by atoms with Crippen molar-refractivity contribution in [3.05, 3.63) is 0 Å². The molecule has 12 heavy (non-hydrogen) atoms. The number of amides is 2. The lowest BCUT2D eigenvalue weighted by Gasteiger charge is -2.18. The second kappa shape index (κ2) is 5.57. The highest BCUT2D eigenvalue weighted by Crippen LogP contribution is 1.88. The van der Waals surface area contributed by atoms with Gasteiger partial charge in [0.25, 0.3) is 0 Å². The van der Waals surface area contributed by atoms with Crippen molar-refractivity contribution in [2.45, 2.75) is 13.3 Å². The maximum Gasteiger partial charge on any atom is 0.241 e. The van der Waals surface area contributed by atoms with Crippen molar-refractivity contribution in [1.82, 2.24) is 9.80 Å². The topological polar surface area (TPSA) is 40.6 Å². The van der Waals surface area contributed by atoms with Gasteiger partial charge in [-0.2, -0.15) is 0 Å². The van der Waals surface area contributed by atoms with Gasteiger partial charge in [0.15, 0.2) is 0 Å². The van der Waals surface area contributed by atoms with Crippen LogP contribution in [0.1, 0.15) is 13.3 Å². The minimum atomic E-state index is -0.0458. The first-order valence-corrected chi connectivity index (χ1v) is 4.01. The number of hydrogen-bond acceptors (Lipinski definition) is 2. The van der Waals surface area contributed by atoms with Gasteiger partial charge < -0.3 is 9.80 Å². The fourth-order valence-electron chi connectivity index (χ4n) is 0.771. The van der Waals surface area contributed by atoms with Crippen LogP contribution in [0, 0.1) is 0 Å². The standard InChI is InChI=1S/C8H16N2O2/c1-4-5-10(7-11)6-8(12)9(2)3/h7H,4-6H2,1-3H3. The van der Waals surface area contributed by atoms with Gasteiger partial charge in [-0.25, -0.2) is 0 Å². The van der Waals surface area contributed by atoms with Crippen LogP contribution < -0.4 is 0 Å². The molecule has 0 aliphatic rings. The van der Waals surface area contributed by atoms with Crippen LogP contribution in [0.4, 0.5) is 0 Å². The van der Waals surface area contributed by atoms with Crippen LogP contribution in [0.5, 0.6) is 0 Å². The molecule has 0 atom stereocenters. The molecule has 0 aromatic rings. The number of likely N-dealkylation sites (N-methyl/N-ethyl adjacent to an activating group) is 1. The van der Waals surface area contributed by atoms with Gasteiger partial charge in [0, 0.05) is 20.6 Å². The lowest BCUT2D eigenvalue weighted by molar-refractivity contribution is -0.133. The van der Waals surface area contributed by atoms with E-state index < -0.39 is 0 Å². The van der Waals surface area contributed by atoms with Gasteiger partial charge in [0.1, 0.15) is 0 Å². The number of rotatable bonds is 5. The molecule has 0 spiro atoms. The average molecular weight is 172 g/mol. The van der Waals surface area contributed by atoms with Crippen LogP contribution in [0.2, 0.25) is 0 Å². The van der Waals surface area contributed by atoms with Gasteiger partial charge in [-0.1, -0.05) is 6.92 Å². The number of hydrogen-bond donors (Lipinski definition) is 0. The van der Waals surface area contributed by atoms with E-state index in [9.17, 15) is 9.59 Å².